The Balaban J connectivity index is 2.21. The SMILES string of the molecule is CCCn1cc(C(=O)c2ncccn2)cn1. The molecule has 0 aliphatic heterocycles. The van der Waals surface area contributed by atoms with E-state index in [2.05, 4.69) is 22.0 Å². The fourth-order valence-corrected chi connectivity index (χ4v) is 1.38. The zero-order chi connectivity index (χ0) is 11.4. The normalized spacial score (nSPS) is 10.3. The number of ketones is 1. The van der Waals surface area contributed by atoms with Crippen LogP contribution in [-0.2, 0) is 6.54 Å². The summed E-state index contributed by atoms with van der Waals surface area (Å²) in [5, 5.41) is 4.09. The Labute approximate surface area is 93.2 Å². The lowest BCUT2D eigenvalue weighted by Gasteiger charge is -1.95. The van der Waals surface area contributed by atoms with Crippen molar-refractivity contribution < 1.29 is 4.79 Å². The Morgan fingerprint density at radius 3 is 2.81 bits per heavy atom. The summed E-state index contributed by atoms with van der Waals surface area (Å²) in [6.45, 7) is 2.87. The number of nitrogens with zero attached hydrogens (tertiary/aromatic N) is 4. The number of carbonyl (C=O) groups excluding carboxylic acids is 1. The van der Waals surface area contributed by atoms with Gasteiger partial charge in [0.25, 0.3) is 0 Å². The number of hydrogen-bond acceptors (Lipinski definition) is 4. The van der Waals surface area contributed by atoms with Gasteiger partial charge < -0.3 is 0 Å². The quantitative estimate of drug-likeness (QED) is 0.723. The smallest absolute Gasteiger partial charge is 0.233 e. The summed E-state index contributed by atoms with van der Waals surface area (Å²) in [5.74, 6) is 0.0153. The molecule has 0 radical (unpaired) electrons. The molecule has 0 saturated heterocycles. The third-order valence-electron chi connectivity index (χ3n) is 2.12. The Morgan fingerprint density at radius 1 is 1.38 bits per heavy atom. The van der Waals surface area contributed by atoms with Crippen molar-refractivity contribution in [2.24, 2.45) is 0 Å². The van der Waals surface area contributed by atoms with Crippen molar-refractivity contribution in [1.82, 2.24) is 19.7 Å². The second kappa shape index (κ2) is 4.65. The molecule has 2 rings (SSSR count). The maximum Gasteiger partial charge on any atom is 0.233 e. The van der Waals surface area contributed by atoms with Crippen LogP contribution in [0.15, 0.2) is 30.9 Å². The second-order valence-electron chi connectivity index (χ2n) is 3.39. The molecule has 2 heterocycles. The number of hydrogen-bond donors (Lipinski definition) is 0. The lowest BCUT2D eigenvalue weighted by atomic mass is 10.2. The van der Waals surface area contributed by atoms with E-state index in [9.17, 15) is 4.79 Å². The second-order valence-corrected chi connectivity index (χ2v) is 3.39. The molecule has 0 N–H and O–H groups in total. The fraction of sp³-hybridized carbons (Fsp3) is 0.273. The van der Waals surface area contributed by atoms with E-state index in [0.717, 1.165) is 13.0 Å². The topological polar surface area (TPSA) is 60.7 Å². The first-order chi connectivity index (χ1) is 7.81. The molecule has 0 saturated carbocycles. The van der Waals surface area contributed by atoms with Crippen LogP contribution < -0.4 is 0 Å². The van der Waals surface area contributed by atoms with E-state index in [1.807, 2.05) is 0 Å². The predicted octanol–water partition coefficient (Wildman–Crippen LogP) is 1.31. The van der Waals surface area contributed by atoms with Crippen molar-refractivity contribution in [3.05, 3.63) is 42.2 Å². The molecule has 0 aliphatic rings. The van der Waals surface area contributed by atoms with Crippen LogP contribution >= 0.6 is 0 Å². The van der Waals surface area contributed by atoms with E-state index in [0.29, 0.717) is 5.56 Å². The maximum atomic E-state index is 11.9. The fourth-order valence-electron chi connectivity index (χ4n) is 1.38. The van der Waals surface area contributed by atoms with Gasteiger partial charge in [-0.3, -0.25) is 9.48 Å². The third-order valence-corrected chi connectivity index (χ3v) is 2.12. The summed E-state index contributed by atoms with van der Waals surface area (Å²) >= 11 is 0. The highest BCUT2D eigenvalue weighted by atomic mass is 16.1. The molecule has 0 unspecified atom stereocenters. The van der Waals surface area contributed by atoms with Gasteiger partial charge in [0.2, 0.25) is 11.6 Å². The van der Waals surface area contributed by atoms with Crippen molar-refractivity contribution in [2.45, 2.75) is 19.9 Å². The standard InChI is InChI=1S/C11H12N4O/c1-2-6-15-8-9(7-14-15)10(16)11-12-4-3-5-13-11/h3-5,7-8H,2,6H2,1H3. The molecule has 82 valence electrons. The van der Waals surface area contributed by atoms with Gasteiger partial charge in [-0.2, -0.15) is 5.10 Å². The maximum absolute atomic E-state index is 11.9. The van der Waals surface area contributed by atoms with Gasteiger partial charge in [0.05, 0.1) is 11.8 Å². The van der Waals surface area contributed by atoms with Gasteiger partial charge in [-0.1, -0.05) is 6.92 Å². The van der Waals surface area contributed by atoms with Gasteiger partial charge in [0.15, 0.2) is 0 Å². The Bertz CT molecular complexity index is 478. The molecule has 5 nitrogen and oxygen atoms in total. The molecule has 5 heteroatoms. The van der Waals surface area contributed by atoms with Crippen LogP contribution in [0.5, 0.6) is 0 Å². The van der Waals surface area contributed by atoms with E-state index in [1.165, 1.54) is 0 Å². The summed E-state index contributed by atoms with van der Waals surface area (Å²) < 4.78 is 1.75. The number of rotatable bonds is 4. The molecule has 0 spiro atoms. The van der Waals surface area contributed by atoms with E-state index < -0.39 is 0 Å². The van der Waals surface area contributed by atoms with E-state index in [1.54, 1.807) is 35.5 Å². The van der Waals surface area contributed by atoms with Crippen LogP contribution in [0.3, 0.4) is 0 Å². The van der Waals surface area contributed by atoms with Crippen LogP contribution in [0.4, 0.5) is 0 Å². The average molecular weight is 216 g/mol. The van der Waals surface area contributed by atoms with E-state index in [4.69, 9.17) is 0 Å². The molecule has 0 amide bonds. The van der Waals surface area contributed by atoms with Crippen molar-refractivity contribution in [1.29, 1.82) is 0 Å². The first kappa shape index (κ1) is 10.5. The minimum Gasteiger partial charge on any atom is -0.285 e. The van der Waals surface area contributed by atoms with Gasteiger partial charge >= 0.3 is 0 Å². The minimum absolute atomic E-state index is 0.192. The Kier molecular flexibility index (Phi) is 3.05. The van der Waals surface area contributed by atoms with Gasteiger partial charge in [0, 0.05) is 25.1 Å². The molecule has 0 atom stereocenters. The molecular weight excluding hydrogens is 204 g/mol. The molecule has 0 bridgehead atoms. The lowest BCUT2D eigenvalue weighted by molar-refractivity contribution is 0.102. The molecule has 2 aromatic rings. The molecule has 0 aromatic carbocycles. The third kappa shape index (κ3) is 2.13. The van der Waals surface area contributed by atoms with Crippen LogP contribution in [-0.4, -0.2) is 25.5 Å². The number of carbonyl (C=O) groups is 1. The van der Waals surface area contributed by atoms with Gasteiger partial charge in [0.1, 0.15) is 0 Å². The summed E-state index contributed by atoms with van der Waals surface area (Å²) in [6.07, 6.45) is 7.36. The highest BCUT2D eigenvalue weighted by molar-refractivity contribution is 6.06. The van der Waals surface area contributed by atoms with Crippen molar-refractivity contribution in [3.8, 4) is 0 Å². The monoisotopic (exact) mass is 216 g/mol. The van der Waals surface area contributed by atoms with Gasteiger partial charge in [-0.15, -0.1) is 0 Å². The summed E-state index contributed by atoms with van der Waals surface area (Å²) in [7, 11) is 0. The van der Waals surface area contributed by atoms with E-state index in [-0.39, 0.29) is 11.6 Å². The zero-order valence-corrected chi connectivity index (χ0v) is 9.00. The molecule has 2 aromatic heterocycles. The Morgan fingerprint density at radius 2 is 2.12 bits per heavy atom. The van der Waals surface area contributed by atoms with Crippen LogP contribution in [0, 0.1) is 0 Å². The zero-order valence-electron chi connectivity index (χ0n) is 9.00. The molecule has 0 aliphatic carbocycles. The van der Waals surface area contributed by atoms with Crippen LogP contribution in [0.1, 0.15) is 29.5 Å². The Hall–Kier alpha value is -2.04. The molecule has 16 heavy (non-hydrogen) atoms. The highest BCUT2D eigenvalue weighted by Gasteiger charge is 2.13. The van der Waals surface area contributed by atoms with Gasteiger partial charge in [-0.25, -0.2) is 9.97 Å². The molecular formula is C11H12N4O. The number of aryl methyl sites for hydroxylation is 1. The van der Waals surface area contributed by atoms with Crippen molar-refractivity contribution >= 4 is 5.78 Å². The van der Waals surface area contributed by atoms with Crippen LogP contribution in [0.2, 0.25) is 0 Å². The van der Waals surface area contributed by atoms with E-state index >= 15 is 0 Å². The first-order valence-corrected chi connectivity index (χ1v) is 5.15. The summed E-state index contributed by atoms with van der Waals surface area (Å²) in [6, 6.07) is 1.68. The minimum atomic E-state index is -0.192. The van der Waals surface area contributed by atoms with Gasteiger partial charge in [-0.05, 0) is 12.5 Å². The first-order valence-electron chi connectivity index (χ1n) is 5.15. The highest BCUT2D eigenvalue weighted by Crippen LogP contribution is 2.04. The van der Waals surface area contributed by atoms with Crippen molar-refractivity contribution in [3.63, 3.8) is 0 Å². The number of aromatic nitrogens is 4. The largest absolute Gasteiger partial charge is 0.285 e. The predicted molar refractivity (Wildman–Crippen MR) is 58.0 cm³/mol. The lowest BCUT2D eigenvalue weighted by Crippen LogP contribution is -2.05. The molecule has 0 fully saturated rings. The summed E-state index contributed by atoms with van der Waals surface area (Å²) in [4.78, 5) is 19.7. The average Bonchev–Trinajstić information content (AvgIpc) is 2.78. The summed E-state index contributed by atoms with van der Waals surface area (Å²) in [5.41, 5.74) is 0.527. The van der Waals surface area contributed by atoms with Crippen molar-refractivity contribution in [2.75, 3.05) is 0 Å². The van der Waals surface area contributed by atoms with Crippen LogP contribution in [0.25, 0.3) is 0 Å².